The first-order valence-corrected chi connectivity index (χ1v) is 6.53. The van der Waals surface area contributed by atoms with Crippen LogP contribution in [0.4, 0.5) is 11.6 Å². The molecule has 0 aliphatic heterocycles. The summed E-state index contributed by atoms with van der Waals surface area (Å²) in [6.07, 6.45) is 3.53. The fourth-order valence-electron chi connectivity index (χ4n) is 2.02. The Balaban J connectivity index is 2.28. The van der Waals surface area contributed by atoms with Crippen LogP contribution in [0.25, 0.3) is 0 Å². The third kappa shape index (κ3) is 2.87. The van der Waals surface area contributed by atoms with Gasteiger partial charge in [0.15, 0.2) is 0 Å². The Kier molecular flexibility index (Phi) is 3.50. The number of nitrogens with zero attached hydrogens (tertiary/aromatic N) is 3. The first kappa shape index (κ1) is 12.1. The minimum absolute atomic E-state index is 0.441. The molecule has 4 nitrogen and oxygen atoms in total. The summed E-state index contributed by atoms with van der Waals surface area (Å²) >= 11 is 0. The van der Waals surface area contributed by atoms with Crippen molar-refractivity contribution in [1.82, 2.24) is 9.97 Å². The molecule has 1 fully saturated rings. The van der Waals surface area contributed by atoms with Crippen molar-refractivity contribution in [2.24, 2.45) is 0 Å². The van der Waals surface area contributed by atoms with Gasteiger partial charge in [-0.2, -0.15) is 0 Å². The van der Waals surface area contributed by atoms with E-state index in [1.165, 1.54) is 12.8 Å². The molecule has 0 unspecified atom stereocenters. The minimum atomic E-state index is 0.441. The molecule has 1 heterocycles. The van der Waals surface area contributed by atoms with E-state index in [4.69, 9.17) is 5.73 Å². The lowest BCUT2D eigenvalue weighted by molar-refractivity contribution is 0.658. The lowest BCUT2D eigenvalue weighted by Gasteiger charge is -2.27. The van der Waals surface area contributed by atoms with Crippen molar-refractivity contribution in [3.63, 3.8) is 0 Å². The highest BCUT2D eigenvalue weighted by Gasteiger charge is 2.27. The summed E-state index contributed by atoms with van der Waals surface area (Å²) in [7, 11) is 0. The van der Waals surface area contributed by atoms with Crippen LogP contribution in [-0.2, 0) is 0 Å². The lowest BCUT2D eigenvalue weighted by Crippen LogP contribution is -2.32. The van der Waals surface area contributed by atoms with Crippen molar-refractivity contribution in [2.75, 3.05) is 17.2 Å². The molecule has 0 radical (unpaired) electrons. The third-order valence-corrected chi connectivity index (χ3v) is 3.07. The van der Waals surface area contributed by atoms with Crippen LogP contribution in [0, 0.1) is 0 Å². The van der Waals surface area contributed by atoms with Crippen LogP contribution in [0.3, 0.4) is 0 Å². The van der Waals surface area contributed by atoms with Gasteiger partial charge < -0.3 is 10.6 Å². The third-order valence-electron chi connectivity index (χ3n) is 3.07. The van der Waals surface area contributed by atoms with Crippen molar-refractivity contribution in [2.45, 2.75) is 52.0 Å². The molecule has 0 bridgehead atoms. The van der Waals surface area contributed by atoms with Gasteiger partial charge in [-0.25, -0.2) is 9.97 Å². The molecule has 1 aromatic heterocycles. The van der Waals surface area contributed by atoms with Crippen molar-refractivity contribution in [3.8, 4) is 0 Å². The maximum atomic E-state index is 5.88. The number of aromatic nitrogens is 2. The quantitative estimate of drug-likeness (QED) is 0.850. The molecule has 17 heavy (non-hydrogen) atoms. The number of hydrogen-bond acceptors (Lipinski definition) is 4. The predicted molar refractivity (Wildman–Crippen MR) is 71.2 cm³/mol. The van der Waals surface area contributed by atoms with E-state index in [9.17, 15) is 0 Å². The summed E-state index contributed by atoms with van der Waals surface area (Å²) in [6.45, 7) is 7.56. The van der Waals surface area contributed by atoms with Crippen molar-refractivity contribution in [1.29, 1.82) is 0 Å². The maximum Gasteiger partial charge on any atom is 0.136 e. The van der Waals surface area contributed by atoms with E-state index in [1.54, 1.807) is 0 Å². The molecule has 0 amide bonds. The van der Waals surface area contributed by atoms with Gasteiger partial charge in [0.1, 0.15) is 17.5 Å². The number of rotatable bonds is 5. The molecule has 2 N–H and O–H groups in total. The first-order valence-electron chi connectivity index (χ1n) is 6.53. The fourth-order valence-corrected chi connectivity index (χ4v) is 2.02. The van der Waals surface area contributed by atoms with Gasteiger partial charge in [-0.3, -0.25) is 0 Å². The summed E-state index contributed by atoms with van der Waals surface area (Å²) < 4.78 is 0. The molecule has 0 spiro atoms. The molecular formula is C13H22N4. The first-order chi connectivity index (χ1) is 8.11. The zero-order valence-corrected chi connectivity index (χ0v) is 11.0. The highest BCUT2D eigenvalue weighted by molar-refractivity contribution is 5.48. The number of nitrogen functional groups attached to an aromatic ring is 1. The molecule has 94 valence electrons. The van der Waals surface area contributed by atoms with Crippen molar-refractivity contribution in [3.05, 3.63) is 11.9 Å². The van der Waals surface area contributed by atoms with Crippen LogP contribution in [0.1, 0.15) is 51.8 Å². The van der Waals surface area contributed by atoms with Gasteiger partial charge in [0, 0.05) is 24.6 Å². The second-order valence-corrected chi connectivity index (χ2v) is 5.07. The Labute approximate surface area is 103 Å². The molecule has 0 saturated heterocycles. The Morgan fingerprint density at radius 2 is 2.12 bits per heavy atom. The van der Waals surface area contributed by atoms with E-state index in [2.05, 4.69) is 35.6 Å². The van der Waals surface area contributed by atoms with Gasteiger partial charge in [-0.15, -0.1) is 0 Å². The minimum Gasteiger partial charge on any atom is -0.384 e. The molecule has 1 saturated carbocycles. The summed E-state index contributed by atoms with van der Waals surface area (Å²) in [5.41, 5.74) is 5.88. The zero-order valence-electron chi connectivity index (χ0n) is 11.0. The predicted octanol–water partition coefficient (Wildman–Crippen LogP) is 2.56. The van der Waals surface area contributed by atoms with Crippen LogP contribution in [0.2, 0.25) is 0 Å². The average Bonchev–Trinajstić information content (AvgIpc) is 3.08. The Hall–Kier alpha value is -1.32. The SMILES string of the molecule is CCCN(c1cc(N)nc(C2CC2)n1)C(C)C. The van der Waals surface area contributed by atoms with Crippen molar-refractivity contribution < 1.29 is 0 Å². The lowest BCUT2D eigenvalue weighted by atomic mass is 10.2. The van der Waals surface area contributed by atoms with E-state index in [0.717, 1.165) is 24.6 Å². The van der Waals surface area contributed by atoms with Gasteiger partial charge >= 0.3 is 0 Å². The van der Waals surface area contributed by atoms with Gasteiger partial charge in [0.2, 0.25) is 0 Å². The molecule has 4 heteroatoms. The second kappa shape index (κ2) is 4.90. The van der Waals surface area contributed by atoms with Gasteiger partial charge in [-0.05, 0) is 33.1 Å². The summed E-state index contributed by atoms with van der Waals surface area (Å²) in [4.78, 5) is 11.3. The number of nitrogens with two attached hydrogens (primary N) is 1. The highest BCUT2D eigenvalue weighted by Crippen LogP contribution is 2.39. The topological polar surface area (TPSA) is 55.0 Å². The zero-order chi connectivity index (χ0) is 12.4. The number of anilines is 2. The molecule has 1 aliphatic carbocycles. The van der Waals surface area contributed by atoms with Crippen molar-refractivity contribution >= 4 is 11.6 Å². The summed E-state index contributed by atoms with van der Waals surface area (Å²) in [6, 6.07) is 2.33. The standard InChI is InChI=1S/C13H22N4/c1-4-7-17(9(2)3)12-8-11(14)15-13(16-12)10-5-6-10/h8-10H,4-7H2,1-3H3,(H2,14,15,16). The van der Waals surface area contributed by atoms with Gasteiger partial charge in [0.25, 0.3) is 0 Å². The van der Waals surface area contributed by atoms with E-state index in [-0.39, 0.29) is 0 Å². The van der Waals surface area contributed by atoms with E-state index < -0.39 is 0 Å². The van der Waals surface area contributed by atoms with Gasteiger partial charge in [-0.1, -0.05) is 6.92 Å². The van der Waals surface area contributed by atoms with Crippen LogP contribution in [0.15, 0.2) is 6.07 Å². The van der Waals surface area contributed by atoms with E-state index in [0.29, 0.717) is 17.8 Å². The van der Waals surface area contributed by atoms with Crippen LogP contribution >= 0.6 is 0 Å². The van der Waals surface area contributed by atoms with E-state index in [1.807, 2.05) is 6.07 Å². The van der Waals surface area contributed by atoms with Crippen LogP contribution < -0.4 is 10.6 Å². The molecule has 2 rings (SSSR count). The van der Waals surface area contributed by atoms with E-state index >= 15 is 0 Å². The molecule has 1 aromatic rings. The highest BCUT2D eigenvalue weighted by atomic mass is 15.2. The normalized spacial score (nSPS) is 15.3. The summed E-state index contributed by atoms with van der Waals surface area (Å²) in [5.74, 6) is 3.06. The average molecular weight is 234 g/mol. The Morgan fingerprint density at radius 3 is 2.65 bits per heavy atom. The Bertz CT molecular complexity index is 385. The van der Waals surface area contributed by atoms with Gasteiger partial charge in [0.05, 0.1) is 0 Å². The molecular weight excluding hydrogens is 212 g/mol. The summed E-state index contributed by atoms with van der Waals surface area (Å²) in [5, 5.41) is 0. The monoisotopic (exact) mass is 234 g/mol. The number of hydrogen-bond donors (Lipinski definition) is 1. The second-order valence-electron chi connectivity index (χ2n) is 5.07. The Morgan fingerprint density at radius 1 is 1.41 bits per heavy atom. The largest absolute Gasteiger partial charge is 0.384 e. The molecule has 1 aliphatic rings. The molecule has 0 atom stereocenters. The maximum absolute atomic E-state index is 5.88. The van der Waals surface area contributed by atoms with Crippen LogP contribution in [-0.4, -0.2) is 22.6 Å². The van der Waals surface area contributed by atoms with Crippen LogP contribution in [0.5, 0.6) is 0 Å². The smallest absolute Gasteiger partial charge is 0.136 e. The fraction of sp³-hybridized carbons (Fsp3) is 0.692. The molecule has 0 aromatic carbocycles.